The molecule has 1 aliphatic rings. The van der Waals surface area contributed by atoms with Crippen LogP contribution >= 0.6 is 0 Å². The third-order valence-corrected chi connectivity index (χ3v) is 3.68. The molecule has 1 aliphatic carbocycles. The molecule has 0 aromatic rings. The summed E-state index contributed by atoms with van der Waals surface area (Å²) in [6.07, 6.45) is 4.53. The average Bonchev–Trinajstić information content (AvgIpc) is 2.20. The molecule has 0 radical (unpaired) electrons. The lowest BCUT2D eigenvalue weighted by atomic mass is 9.58. The molecule has 0 bridgehead atoms. The number of rotatable bonds is 4. The summed E-state index contributed by atoms with van der Waals surface area (Å²) >= 11 is 0. The minimum absolute atomic E-state index is 0.129. The van der Waals surface area contributed by atoms with Crippen LogP contribution in [0.4, 0.5) is 0 Å². The van der Waals surface area contributed by atoms with Crippen LogP contribution in [0.5, 0.6) is 0 Å². The van der Waals surface area contributed by atoms with Crippen LogP contribution < -0.4 is 5.32 Å². The number of ether oxygens (including phenoxy) is 1. The maximum atomic E-state index is 12.3. The van der Waals surface area contributed by atoms with Crippen LogP contribution in [0.1, 0.15) is 47.0 Å². The summed E-state index contributed by atoms with van der Waals surface area (Å²) in [5, 5.41) is 3.35. The van der Waals surface area contributed by atoms with Crippen molar-refractivity contribution < 1.29 is 9.53 Å². The van der Waals surface area contributed by atoms with Gasteiger partial charge in [0.1, 0.15) is 5.54 Å². The first-order valence-corrected chi connectivity index (χ1v) is 6.61. The van der Waals surface area contributed by atoms with Crippen molar-refractivity contribution in [2.45, 2.75) is 52.5 Å². The summed E-state index contributed by atoms with van der Waals surface area (Å²) < 4.78 is 5.04. The standard InChI is InChI=1S/C15H27NO2/c1-7-8-16-15(12(17)18-6)10-13(2,3)9-14(4,5)11-15/h7,16H,1,8-11H2,2-6H3. The number of carbonyl (C=O) groups excluding carboxylic acids is 1. The number of carbonyl (C=O) groups is 1. The van der Waals surface area contributed by atoms with E-state index in [1.807, 2.05) is 0 Å². The van der Waals surface area contributed by atoms with Crippen molar-refractivity contribution in [3.05, 3.63) is 12.7 Å². The van der Waals surface area contributed by atoms with E-state index in [9.17, 15) is 4.79 Å². The Hall–Kier alpha value is -0.830. The van der Waals surface area contributed by atoms with Gasteiger partial charge in [-0.2, -0.15) is 0 Å². The summed E-state index contributed by atoms with van der Waals surface area (Å²) in [4.78, 5) is 12.3. The molecule has 0 saturated heterocycles. The van der Waals surface area contributed by atoms with E-state index >= 15 is 0 Å². The molecule has 1 saturated carbocycles. The second-order valence-electron chi connectivity index (χ2n) is 7.10. The summed E-state index contributed by atoms with van der Waals surface area (Å²) in [6.45, 7) is 13.2. The van der Waals surface area contributed by atoms with Crippen LogP contribution in [-0.2, 0) is 9.53 Å². The molecule has 0 spiro atoms. The fourth-order valence-electron chi connectivity index (χ4n) is 3.92. The summed E-state index contributed by atoms with van der Waals surface area (Å²) in [5.74, 6) is -0.148. The van der Waals surface area contributed by atoms with E-state index in [2.05, 4.69) is 39.6 Å². The van der Waals surface area contributed by atoms with Gasteiger partial charge in [-0.3, -0.25) is 10.1 Å². The van der Waals surface area contributed by atoms with Gasteiger partial charge in [-0.15, -0.1) is 6.58 Å². The van der Waals surface area contributed by atoms with Gasteiger partial charge in [0.05, 0.1) is 7.11 Å². The van der Waals surface area contributed by atoms with Gasteiger partial charge in [0, 0.05) is 6.54 Å². The molecule has 1 N–H and O–H groups in total. The Labute approximate surface area is 111 Å². The largest absolute Gasteiger partial charge is 0.468 e. The molecular weight excluding hydrogens is 226 g/mol. The minimum atomic E-state index is -0.575. The molecule has 0 amide bonds. The molecule has 0 atom stereocenters. The van der Waals surface area contributed by atoms with Crippen LogP contribution in [-0.4, -0.2) is 25.2 Å². The lowest BCUT2D eigenvalue weighted by Crippen LogP contribution is -2.60. The molecule has 0 aliphatic heterocycles. The number of hydrogen-bond acceptors (Lipinski definition) is 3. The molecular formula is C15H27NO2. The second kappa shape index (κ2) is 5.04. The molecule has 0 unspecified atom stereocenters. The summed E-state index contributed by atoms with van der Waals surface area (Å²) in [5.41, 5.74) is -0.317. The minimum Gasteiger partial charge on any atom is -0.468 e. The van der Waals surface area contributed by atoms with E-state index in [1.165, 1.54) is 7.11 Å². The van der Waals surface area contributed by atoms with Crippen molar-refractivity contribution in [1.29, 1.82) is 0 Å². The lowest BCUT2D eigenvalue weighted by molar-refractivity contribution is -0.155. The highest BCUT2D eigenvalue weighted by Crippen LogP contribution is 2.50. The average molecular weight is 253 g/mol. The first-order valence-electron chi connectivity index (χ1n) is 6.61. The van der Waals surface area contributed by atoms with E-state index in [0.717, 1.165) is 19.3 Å². The molecule has 1 rings (SSSR count). The first-order chi connectivity index (χ1) is 8.16. The number of hydrogen-bond donors (Lipinski definition) is 1. The van der Waals surface area contributed by atoms with E-state index in [4.69, 9.17) is 4.74 Å². The summed E-state index contributed by atoms with van der Waals surface area (Å²) in [7, 11) is 1.47. The smallest absolute Gasteiger partial charge is 0.326 e. The lowest BCUT2D eigenvalue weighted by Gasteiger charge is -2.50. The van der Waals surface area contributed by atoms with Gasteiger partial charge in [0.15, 0.2) is 0 Å². The van der Waals surface area contributed by atoms with Gasteiger partial charge in [0.2, 0.25) is 0 Å². The third-order valence-electron chi connectivity index (χ3n) is 3.68. The highest BCUT2D eigenvalue weighted by Gasteiger charge is 2.51. The highest BCUT2D eigenvalue weighted by molar-refractivity contribution is 5.81. The topological polar surface area (TPSA) is 38.3 Å². The maximum absolute atomic E-state index is 12.3. The van der Waals surface area contributed by atoms with E-state index in [0.29, 0.717) is 6.54 Å². The van der Waals surface area contributed by atoms with Gasteiger partial charge < -0.3 is 4.74 Å². The molecule has 18 heavy (non-hydrogen) atoms. The van der Waals surface area contributed by atoms with Gasteiger partial charge in [0.25, 0.3) is 0 Å². The molecule has 3 heteroatoms. The molecule has 104 valence electrons. The summed E-state index contributed by atoms with van der Waals surface area (Å²) in [6, 6.07) is 0. The Balaban J connectivity index is 3.07. The van der Waals surface area contributed by atoms with Crippen molar-refractivity contribution in [1.82, 2.24) is 5.32 Å². The van der Waals surface area contributed by atoms with Crippen LogP contribution in [0.25, 0.3) is 0 Å². The van der Waals surface area contributed by atoms with Crippen LogP contribution in [0.15, 0.2) is 12.7 Å². The predicted octanol–water partition coefficient (Wildman–Crippen LogP) is 2.91. The quantitative estimate of drug-likeness (QED) is 0.618. The second-order valence-corrected chi connectivity index (χ2v) is 7.10. The van der Waals surface area contributed by atoms with E-state index < -0.39 is 5.54 Å². The number of esters is 1. The van der Waals surface area contributed by atoms with Crippen molar-refractivity contribution in [2.75, 3.05) is 13.7 Å². The molecule has 3 nitrogen and oxygen atoms in total. The zero-order chi connectivity index (χ0) is 14.0. The molecule has 0 aromatic heterocycles. The fraction of sp³-hybridized carbons (Fsp3) is 0.800. The van der Waals surface area contributed by atoms with Gasteiger partial charge in [-0.25, -0.2) is 0 Å². The Bertz CT molecular complexity index is 315. The van der Waals surface area contributed by atoms with Crippen LogP contribution in [0.2, 0.25) is 0 Å². The molecule has 0 heterocycles. The monoisotopic (exact) mass is 253 g/mol. The van der Waals surface area contributed by atoms with Crippen molar-refractivity contribution >= 4 is 5.97 Å². The zero-order valence-electron chi connectivity index (χ0n) is 12.4. The highest BCUT2D eigenvalue weighted by atomic mass is 16.5. The van der Waals surface area contributed by atoms with Gasteiger partial charge >= 0.3 is 5.97 Å². The Morgan fingerprint density at radius 3 is 2.11 bits per heavy atom. The zero-order valence-corrected chi connectivity index (χ0v) is 12.4. The van der Waals surface area contributed by atoms with Crippen molar-refractivity contribution in [3.8, 4) is 0 Å². The Morgan fingerprint density at radius 1 is 1.22 bits per heavy atom. The Morgan fingerprint density at radius 2 is 1.72 bits per heavy atom. The Kier molecular flexibility index (Phi) is 4.26. The third kappa shape index (κ3) is 3.35. The van der Waals surface area contributed by atoms with Gasteiger partial charge in [-0.05, 0) is 30.1 Å². The SMILES string of the molecule is C=CCNC1(C(=O)OC)CC(C)(C)CC(C)(C)C1. The van der Waals surface area contributed by atoms with E-state index in [-0.39, 0.29) is 16.8 Å². The van der Waals surface area contributed by atoms with Crippen LogP contribution in [0.3, 0.4) is 0 Å². The molecule has 0 aromatic carbocycles. The van der Waals surface area contributed by atoms with Gasteiger partial charge in [-0.1, -0.05) is 33.8 Å². The predicted molar refractivity (Wildman–Crippen MR) is 74.4 cm³/mol. The van der Waals surface area contributed by atoms with Crippen LogP contribution in [0, 0.1) is 10.8 Å². The number of methoxy groups -OCH3 is 1. The normalized spacial score (nSPS) is 24.3. The van der Waals surface area contributed by atoms with Crippen molar-refractivity contribution in [2.24, 2.45) is 10.8 Å². The van der Waals surface area contributed by atoms with Crippen molar-refractivity contribution in [3.63, 3.8) is 0 Å². The number of nitrogens with one attached hydrogen (secondary N) is 1. The first kappa shape index (κ1) is 15.2. The molecule has 1 fully saturated rings. The maximum Gasteiger partial charge on any atom is 0.326 e. The van der Waals surface area contributed by atoms with E-state index in [1.54, 1.807) is 6.08 Å². The fourth-order valence-corrected chi connectivity index (χ4v) is 3.92.